The summed E-state index contributed by atoms with van der Waals surface area (Å²) >= 11 is 0. The molecule has 4 N–H and O–H groups in total. The highest BCUT2D eigenvalue weighted by Crippen LogP contribution is 2.38. The van der Waals surface area contributed by atoms with Crippen molar-refractivity contribution < 1.29 is 49.1 Å². The molecule has 202 valence electrons. The van der Waals surface area contributed by atoms with Gasteiger partial charge in [-0.15, -0.1) is 0 Å². The standard InChI is InChI=1S/C28H30O10/c1-13(2)11-37-15(5)17-7-9-19(23(27(33)34)21(17)25(29)30)20-10-8-18(16(6)38-12-14(3)4)22(26(31)32)24(20)28(35)36/h7-10,15-16H,1,3,11-12H2,2,4-6H3,(H,29,30)(H,31,32)(H,33,34)(H,35,36). The summed E-state index contributed by atoms with van der Waals surface area (Å²) in [4.78, 5) is 49.3. The summed E-state index contributed by atoms with van der Waals surface area (Å²) < 4.78 is 11.2. The van der Waals surface area contributed by atoms with Gasteiger partial charge in [-0.2, -0.15) is 0 Å². The van der Waals surface area contributed by atoms with E-state index in [0.29, 0.717) is 11.1 Å². The summed E-state index contributed by atoms with van der Waals surface area (Å²) in [6, 6.07) is 5.15. The fourth-order valence-electron chi connectivity index (χ4n) is 3.98. The van der Waals surface area contributed by atoms with Crippen LogP contribution < -0.4 is 0 Å². The maximum Gasteiger partial charge on any atom is 0.337 e. The SMILES string of the molecule is C=C(C)COC(C)c1ccc(-c2ccc(C(C)OCC(=C)C)c(C(=O)O)c2C(=O)O)c(C(=O)O)c1C(=O)O. The molecule has 2 aromatic rings. The predicted octanol–water partition coefficient (Wildman–Crippen LogP) is 5.45. The van der Waals surface area contributed by atoms with E-state index < -0.39 is 58.3 Å². The van der Waals surface area contributed by atoms with E-state index in [2.05, 4.69) is 13.2 Å². The molecule has 2 aromatic carbocycles. The molecule has 2 atom stereocenters. The Labute approximate surface area is 219 Å². The van der Waals surface area contributed by atoms with Gasteiger partial charge < -0.3 is 29.9 Å². The van der Waals surface area contributed by atoms with E-state index in [1.54, 1.807) is 27.7 Å². The number of benzene rings is 2. The first-order chi connectivity index (χ1) is 17.7. The van der Waals surface area contributed by atoms with Gasteiger partial charge in [0.2, 0.25) is 0 Å². The fourth-order valence-corrected chi connectivity index (χ4v) is 3.98. The van der Waals surface area contributed by atoms with Crippen molar-refractivity contribution >= 4 is 23.9 Å². The number of rotatable bonds is 13. The third-order valence-corrected chi connectivity index (χ3v) is 5.66. The number of hydrogen-bond acceptors (Lipinski definition) is 6. The minimum absolute atomic E-state index is 0.0497. The van der Waals surface area contributed by atoms with Crippen LogP contribution in [-0.2, 0) is 9.47 Å². The molecule has 0 heterocycles. The molecule has 2 rings (SSSR count). The van der Waals surface area contributed by atoms with Gasteiger partial charge in [-0.25, -0.2) is 19.2 Å². The highest BCUT2D eigenvalue weighted by molar-refractivity contribution is 6.12. The topological polar surface area (TPSA) is 168 Å². The van der Waals surface area contributed by atoms with E-state index >= 15 is 0 Å². The average Bonchev–Trinajstić information content (AvgIpc) is 2.83. The van der Waals surface area contributed by atoms with Crippen molar-refractivity contribution in [3.05, 3.63) is 82.0 Å². The van der Waals surface area contributed by atoms with Crippen molar-refractivity contribution in [2.75, 3.05) is 13.2 Å². The lowest BCUT2D eigenvalue weighted by Gasteiger charge is -2.22. The normalized spacial score (nSPS) is 12.4. The molecule has 10 heteroatoms. The molecule has 0 bridgehead atoms. The van der Waals surface area contributed by atoms with Gasteiger partial charge in [0.15, 0.2) is 0 Å². The summed E-state index contributed by atoms with van der Waals surface area (Å²) in [6.45, 7) is 14.1. The largest absolute Gasteiger partial charge is 0.478 e. The monoisotopic (exact) mass is 526 g/mol. The zero-order valence-electron chi connectivity index (χ0n) is 21.5. The van der Waals surface area contributed by atoms with E-state index in [9.17, 15) is 39.6 Å². The minimum Gasteiger partial charge on any atom is -0.478 e. The summed E-state index contributed by atoms with van der Waals surface area (Å²) in [5, 5.41) is 40.0. The average molecular weight is 527 g/mol. The Morgan fingerprint density at radius 2 is 0.921 bits per heavy atom. The highest BCUT2D eigenvalue weighted by atomic mass is 16.5. The van der Waals surface area contributed by atoms with Gasteiger partial charge in [0.25, 0.3) is 0 Å². The first-order valence-corrected chi connectivity index (χ1v) is 11.5. The summed E-state index contributed by atoms with van der Waals surface area (Å²) in [5.74, 6) is -6.42. The molecule has 10 nitrogen and oxygen atoms in total. The van der Waals surface area contributed by atoms with Crippen LogP contribution in [-0.4, -0.2) is 57.5 Å². The lowest BCUT2D eigenvalue weighted by atomic mass is 9.85. The second-order valence-corrected chi connectivity index (χ2v) is 8.95. The summed E-state index contributed by atoms with van der Waals surface area (Å²) in [6.07, 6.45) is -1.68. The molecule has 0 aliphatic rings. The van der Waals surface area contributed by atoms with Crippen molar-refractivity contribution in [1.29, 1.82) is 0 Å². The van der Waals surface area contributed by atoms with E-state index in [1.165, 1.54) is 24.3 Å². The van der Waals surface area contributed by atoms with Gasteiger partial charge in [-0.05, 0) is 49.9 Å². The van der Waals surface area contributed by atoms with Crippen molar-refractivity contribution in [2.24, 2.45) is 0 Å². The maximum atomic E-state index is 12.4. The van der Waals surface area contributed by atoms with Crippen molar-refractivity contribution in [2.45, 2.75) is 39.9 Å². The zero-order chi connectivity index (χ0) is 28.9. The first-order valence-electron chi connectivity index (χ1n) is 11.5. The molecule has 0 saturated heterocycles. The summed E-state index contributed by atoms with van der Waals surface area (Å²) in [5.41, 5.74) is -1.70. The van der Waals surface area contributed by atoms with E-state index in [4.69, 9.17) is 9.47 Å². The molecule has 0 aliphatic heterocycles. The number of carbonyl (C=O) groups is 4. The Balaban J connectivity index is 2.91. The van der Waals surface area contributed by atoms with Gasteiger partial charge in [-0.1, -0.05) is 48.6 Å². The molecule has 0 fully saturated rings. The third-order valence-electron chi connectivity index (χ3n) is 5.66. The summed E-state index contributed by atoms with van der Waals surface area (Å²) in [7, 11) is 0. The third kappa shape index (κ3) is 6.53. The van der Waals surface area contributed by atoms with Crippen LogP contribution in [0.4, 0.5) is 0 Å². The molecule has 0 radical (unpaired) electrons. The van der Waals surface area contributed by atoms with Crippen LogP contribution in [0.2, 0.25) is 0 Å². The number of carboxylic acids is 4. The molecule has 0 spiro atoms. The lowest BCUT2D eigenvalue weighted by Crippen LogP contribution is -2.19. The number of hydrogen-bond donors (Lipinski definition) is 4. The van der Waals surface area contributed by atoms with Crippen molar-refractivity contribution in [3.8, 4) is 11.1 Å². The van der Waals surface area contributed by atoms with Crippen LogP contribution in [0.5, 0.6) is 0 Å². The van der Waals surface area contributed by atoms with Gasteiger partial charge in [0.05, 0.1) is 47.7 Å². The molecule has 0 saturated carbocycles. The van der Waals surface area contributed by atoms with Gasteiger partial charge in [0, 0.05) is 0 Å². The van der Waals surface area contributed by atoms with Crippen LogP contribution in [0, 0.1) is 0 Å². The van der Waals surface area contributed by atoms with E-state index in [0.717, 1.165) is 0 Å². The van der Waals surface area contributed by atoms with Crippen LogP contribution >= 0.6 is 0 Å². The molecule has 2 unspecified atom stereocenters. The molecule has 38 heavy (non-hydrogen) atoms. The molecule has 0 aromatic heterocycles. The lowest BCUT2D eigenvalue weighted by molar-refractivity contribution is 0.0625. The number of ether oxygens (including phenoxy) is 2. The van der Waals surface area contributed by atoms with Gasteiger partial charge in [0.1, 0.15) is 0 Å². The predicted molar refractivity (Wildman–Crippen MR) is 138 cm³/mol. The Hall–Kier alpha value is -4.28. The minimum atomic E-state index is -1.64. The molecule has 0 aliphatic carbocycles. The van der Waals surface area contributed by atoms with Gasteiger partial charge >= 0.3 is 23.9 Å². The number of carboxylic acid groups (broad SMARTS) is 4. The van der Waals surface area contributed by atoms with Gasteiger partial charge in [-0.3, -0.25) is 0 Å². The van der Waals surface area contributed by atoms with Crippen LogP contribution in [0.15, 0.2) is 48.6 Å². The first kappa shape index (κ1) is 29.9. The fraction of sp³-hybridized carbons (Fsp3) is 0.286. The Bertz CT molecular complexity index is 1220. The van der Waals surface area contributed by atoms with Crippen molar-refractivity contribution in [1.82, 2.24) is 0 Å². The van der Waals surface area contributed by atoms with Crippen LogP contribution in [0.3, 0.4) is 0 Å². The Morgan fingerprint density at radius 1 is 0.632 bits per heavy atom. The van der Waals surface area contributed by atoms with E-state index in [-0.39, 0.29) is 35.5 Å². The smallest absolute Gasteiger partial charge is 0.337 e. The Morgan fingerprint density at radius 3 is 1.16 bits per heavy atom. The second-order valence-electron chi connectivity index (χ2n) is 8.95. The van der Waals surface area contributed by atoms with Crippen LogP contribution in [0.25, 0.3) is 11.1 Å². The molecular weight excluding hydrogens is 496 g/mol. The zero-order valence-corrected chi connectivity index (χ0v) is 21.5. The Kier molecular flexibility index (Phi) is 9.70. The molecular formula is C28H30O10. The number of aromatic carboxylic acids is 4. The maximum absolute atomic E-state index is 12.4. The van der Waals surface area contributed by atoms with Crippen molar-refractivity contribution in [3.63, 3.8) is 0 Å². The second kappa shape index (κ2) is 12.3. The molecule has 0 amide bonds. The van der Waals surface area contributed by atoms with Crippen LogP contribution in [0.1, 0.15) is 92.5 Å². The highest BCUT2D eigenvalue weighted by Gasteiger charge is 2.32. The van der Waals surface area contributed by atoms with E-state index in [1.807, 2.05) is 0 Å². The quantitative estimate of drug-likeness (QED) is 0.246.